The molecule has 1 heterocycles. The predicted octanol–water partition coefficient (Wildman–Crippen LogP) is 5.24. The molecule has 0 saturated carbocycles. The summed E-state index contributed by atoms with van der Waals surface area (Å²) >= 11 is 0. The minimum atomic E-state index is 0.697. The topological polar surface area (TPSA) is 30.2 Å². The Balaban J connectivity index is 2.06. The first-order valence-electron chi connectivity index (χ1n) is 7.14. The molecule has 0 aliphatic carbocycles. The lowest BCUT2D eigenvalue weighted by molar-refractivity contribution is 0.112. The van der Waals surface area contributed by atoms with Crippen LogP contribution in [0.15, 0.2) is 65.5 Å². The highest BCUT2D eigenvalue weighted by atomic mass is 16.3. The van der Waals surface area contributed by atoms with E-state index in [-0.39, 0.29) is 0 Å². The molecule has 0 saturated heterocycles. The molecule has 22 heavy (non-hydrogen) atoms. The third-order valence-corrected chi connectivity index (χ3v) is 3.68. The second-order valence-electron chi connectivity index (χ2n) is 5.14. The third-order valence-electron chi connectivity index (χ3n) is 3.68. The number of carbonyl (C=O) groups is 1. The summed E-state index contributed by atoms with van der Waals surface area (Å²) in [6, 6.07) is 15.7. The molecule has 0 N–H and O–H groups in total. The third kappa shape index (κ3) is 2.77. The van der Waals surface area contributed by atoms with Gasteiger partial charge in [-0.05, 0) is 29.2 Å². The first-order valence-corrected chi connectivity index (χ1v) is 7.14. The van der Waals surface area contributed by atoms with Crippen LogP contribution in [0.5, 0.6) is 0 Å². The molecule has 1 aromatic heterocycles. The molecule has 0 bridgehead atoms. The number of rotatable bonds is 4. The largest absolute Gasteiger partial charge is 0.472 e. The zero-order valence-electron chi connectivity index (χ0n) is 12.3. The van der Waals surface area contributed by atoms with Crippen molar-refractivity contribution in [2.24, 2.45) is 0 Å². The molecule has 0 unspecified atom stereocenters. The predicted molar refractivity (Wildman–Crippen MR) is 89.6 cm³/mol. The molecule has 3 aromatic rings. The lowest BCUT2D eigenvalue weighted by atomic mass is 9.95. The molecule has 0 radical (unpaired) electrons. The molecule has 0 spiro atoms. The molecular formula is C20H16O2. The maximum absolute atomic E-state index is 11.3. The molecule has 0 aliphatic rings. The van der Waals surface area contributed by atoms with Gasteiger partial charge in [-0.3, -0.25) is 4.79 Å². The summed E-state index contributed by atoms with van der Waals surface area (Å²) < 4.78 is 5.19. The number of benzene rings is 2. The first-order chi connectivity index (χ1) is 10.8. The van der Waals surface area contributed by atoms with Crippen LogP contribution in [0.3, 0.4) is 0 Å². The highest BCUT2D eigenvalue weighted by Gasteiger charge is 2.07. The van der Waals surface area contributed by atoms with E-state index >= 15 is 0 Å². The standard InChI is InChI=1S/C20H16O2/c1-15-13-22-14-18(15)11-10-16-6-2-4-8-19(16)20-9-5-3-7-17(20)12-21/h2-14H,1H3. The fraction of sp³-hybridized carbons (Fsp3) is 0.0500. The summed E-state index contributed by atoms with van der Waals surface area (Å²) in [4.78, 5) is 11.3. The zero-order valence-corrected chi connectivity index (χ0v) is 12.3. The second kappa shape index (κ2) is 6.27. The van der Waals surface area contributed by atoms with Crippen molar-refractivity contribution >= 4 is 18.4 Å². The van der Waals surface area contributed by atoms with Crippen molar-refractivity contribution in [2.75, 3.05) is 0 Å². The van der Waals surface area contributed by atoms with E-state index in [1.165, 1.54) is 0 Å². The Labute approximate surface area is 129 Å². The average Bonchev–Trinajstić information content (AvgIpc) is 2.98. The van der Waals surface area contributed by atoms with Gasteiger partial charge in [0.1, 0.15) is 0 Å². The van der Waals surface area contributed by atoms with Crippen molar-refractivity contribution in [3.05, 3.63) is 83.3 Å². The SMILES string of the molecule is Cc1cocc1C=Cc1ccccc1-c1ccccc1C=O. The number of carbonyl (C=O) groups excluding carboxylic acids is 1. The highest BCUT2D eigenvalue weighted by Crippen LogP contribution is 2.28. The number of aryl methyl sites for hydroxylation is 1. The van der Waals surface area contributed by atoms with Gasteiger partial charge in [-0.2, -0.15) is 0 Å². The minimum absolute atomic E-state index is 0.697. The molecule has 2 aromatic carbocycles. The van der Waals surface area contributed by atoms with Crippen LogP contribution in [-0.2, 0) is 0 Å². The van der Waals surface area contributed by atoms with Gasteiger partial charge in [-0.25, -0.2) is 0 Å². The smallest absolute Gasteiger partial charge is 0.150 e. The van der Waals surface area contributed by atoms with E-state index in [1.54, 1.807) is 12.5 Å². The van der Waals surface area contributed by atoms with Crippen LogP contribution >= 0.6 is 0 Å². The van der Waals surface area contributed by atoms with Crippen LogP contribution in [-0.4, -0.2) is 6.29 Å². The highest BCUT2D eigenvalue weighted by molar-refractivity contribution is 5.91. The number of furan rings is 1. The van der Waals surface area contributed by atoms with E-state index in [2.05, 4.69) is 6.08 Å². The summed E-state index contributed by atoms with van der Waals surface area (Å²) in [5, 5.41) is 0. The summed E-state index contributed by atoms with van der Waals surface area (Å²) in [7, 11) is 0. The van der Waals surface area contributed by atoms with Crippen LogP contribution in [0.1, 0.15) is 27.0 Å². The molecule has 0 amide bonds. The number of hydrogen-bond acceptors (Lipinski definition) is 2. The Kier molecular flexibility index (Phi) is 4.01. The van der Waals surface area contributed by atoms with E-state index in [9.17, 15) is 4.79 Å². The zero-order chi connectivity index (χ0) is 15.4. The monoisotopic (exact) mass is 288 g/mol. The molecule has 3 rings (SSSR count). The first kappa shape index (κ1) is 14.1. The van der Waals surface area contributed by atoms with Gasteiger partial charge in [-0.15, -0.1) is 0 Å². The molecule has 0 atom stereocenters. The summed E-state index contributed by atoms with van der Waals surface area (Å²) in [6.45, 7) is 2.01. The Morgan fingerprint density at radius 1 is 0.773 bits per heavy atom. The van der Waals surface area contributed by atoms with Gasteiger partial charge in [-0.1, -0.05) is 60.7 Å². The van der Waals surface area contributed by atoms with Gasteiger partial charge in [0.05, 0.1) is 12.5 Å². The van der Waals surface area contributed by atoms with Gasteiger partial charge in [0, 0.05) is 11.1 Å². The van der Waals surface area contributed by atoms with Crippen molar-refractivity contribution < 1.29 is 9.21 Å². The molecule has 108 valence electrons. The van der Waals surface area contributed by atoms with E-state index in [0.717, 1.165) is 34.1 Å². The fourth-order valence-corrected chi connectivity index (χ4v) is 2.45. The molecule has 0 aliphatic heterocycles. The van der Waals surface area contributed by atoms with Crippen molar-refractivity contribution in [2.45, 2.75) is 6.92 Å². The molecule has 0 fully saturated rings. The Bertz CT molecular complexity index is 825. The molecular weight excluding hydrogens is 272 g/mol. The van der Waals surface area contributed by atoms with Crippen molar-refractivity contribution in [3.8, 4) is 11.1 Å². The lowest BCUT2D eigenvalue weighted by Crippen LogP contribution is -1.89. The van der Waals surface area contributed by atoms with E-state index in [4.69, 9.17) is 4.42 Å². The second-order valence-corrected chi connectivity index (χ2v) is 5.14. The van der Waals surface area contributed by atoms with Crippen molar-refractivity contribution in [1.82, 2.24) is 0 Å². The average molecular weight is 288 g/mol. The van der Waals surface area contributed by atoms with E-state index in [1.807, 2.05) is 61.5 Å². The van der Waals surface area contributed by atoms with Gasteiger partial charge in [0.2, 0.25) is 0 Å². The van der Waals surface area contributed by atoms with Crippen molar-refractivity contribution in [1.29, 1.82) is 0 Å². The van der Waals surface area contributed by atoms with E-state index < -0.39 is 0 Å². The summed E-state index contributed by atoms with van der Waals surface area (Å²) in [6.07, 6.45) is 8.44. The molecule has 2 heteroatoms. The summed E-state index contributed by atoms with van der Waals surface area (Å²) in [5.41, 5.74) is 5.91. The van der Waals surface area contributed by atoms with Crippen LogP contribution < -0.4 is 0 Å². The number of aldehydes is 1. The van der Waals surface area contributed by atoms with Gasteiger partial charge >= 0.3 is 0 Å². The quantitative estimate of drug-likeness (QED) is 0.615. The van der Waals surface area contributed by atoms with Crippen molar-refractivity contribution in [3.63, 3.8) is 0 Å². The van der Waals surface area contributed by atoms with Crippen LogP contribution in [0.25, 0.3) is 23.3 Å². The van der Waals surface area contributed by atoms with E-state index in [0.29, 0.717) is 5.56 Å². The maximum Gasteiger partial charge on any atom is 0.150 e. The van der Waals surface area contributed by atoms with Gasteiger partial charge in [0.15, 0.2) is 6.29 Å². The van der Waals surface area contributed by atoms with Crippen LogP contribution in [0.2, 0.25) is 0 Å². The van der Waals surface area contributed by atoms with Crippen LogP contribution in [0.4, 0.5) is 0 Å². The Morgan fingerprint density at radius 2 is 1.36 bits per heavy atom. The van der Waals surface area contributed by atoms with Crippen LogP contribution in [0, 0.1) is 6.92 Å². The Hall–Kier alpha value is -2.87. The Morgan fingerprint density at radius 3 is 2.00 bits per heavy atom. The van der Waals surface area contributed by atoms with Gasteiger partial charge < -0.3 is 4.42 Å². The van der Waals surface area contributed by atoms with Gasteiger partial charge in [0.25, 0.3) is 0 Å². The fourth-order valence-electron chi connectivity index (χ4n) is 2.45. The molecule has 2 nitrogen and oxygen atoms in total. The summed E-state index contributed by atoms with van der Waals surface area (Å²) in [5.74, 6) is 0. The normalized spacial score (nSPS) is 11.0. The maximum atomic E-state index is 11.3. The minimum Gasteiger partial charge on any atom is -0.472 e. The number of hydrogen-bond donors (Lipinski definition) is 0. The lowest BCUT2D eigenvalue weighted by Gasteiger charge is -2.08.